The average molecular weight is 296 g/mol. The normalized spacial score (nSPS) is 10.7. The van der Waals surface area contributed by atoms with Crippen molar-refractivity contribution in [2.45, 2.75) is 0 Å². The lowest BCUT2D eigenvalue weighted by Gasteiger charge is -2.05. The summed E-state index contributed by atoms with van der Waals surface area (Å²) in [4.78, 5) is 12.9. The van der Waals surface area contributed by atoms with Gasteiger partial charge in [-0.2, -0.15) is 5.26 Å². The van der Waals surface area contributed by atoms with Crippen molar-refractivity contribution in [3.63, 3.8) is 0 Å². The molecule has 0 saturated carbocycles. The maximum absolute atomic E-state index is 12.9. The van der Waals surface area contributed by atoms with Gasteiger partial charge in [0.2, 0.25) is 0 Å². The SMILES string of the molecule is N#Cc1cn(C(=O)c2ccc3ccccc3c2)c2ccccc12. The second-order valence-corrected chi connectivity index (χ2v) is 5.41. The summed E-state index contributed by atoms with van der Waals surface area (Å²) in [6.07, 6.45) is 1.61. The van der Waals surface area contributed by atoms with E-state index in [0.717, 1.165) is 21.7 Å². The van der Waals surface area contributed by atoms with Crippen molar-refractivity contribution in [1.82, 2.24) is 4.57 Å². The van der Waals surface area contributed by atoms with E-state index in [1.165, 1.54) is 0 Å². The summed E-state index contributed by atoms with van der Waals surface area (Å²) in [5.41, 5.74) is 1.87. The van der Waals surface area contributed by atoms with Gasteiger partial charge >= 0.3 is 0 Å². The van der Waals surface area contributed by atoms with Crippen LogP contribution in [0.3, 0.4) is 0 Å². The standard InChI is InChI=1S/C20H12N2O/c21-12-17-13-22(19-8-4-3-7-18(17)19)20(23)16-10-9-14-5-1-2-6-15(14)11-16/h1-11,13H. The fraction of sp³-hybridized carbons (Fsp3) is 0. The Hall–Kier alpha value is -3.38. The monoisotopic (exact) mass is 296 g/mol. The van der Waals surface area contributed by atoms with E-state index in [1.54, 1.807) is 10.8 Å². The molecule has 0 amide bonds. The van der Waals surface area contributed by atoms with Gasteiger partial charge in [0, 0.05) is 17.1 Å². The van der Waals surface area contributed by atoms with E-state index < -0.39 is 0 Å². The van der Waals surface area contributed by atoms with E-state index in [0.29, 0.717) is 11.1 Å². The topological polar surface area (TPSA) is 45.8 Å². The number of nitriles is 1. The van der Waals surface area contributed by atoms with Crippen molar-refractivity contribution >= 4 is 27.6 Å². The lowest BCUT2D eigenvalue weighted by Crippen LogP contribution is -2.10. The summed E-state index contributed by atoms with van der Waals surface area (Å²) in [6.45, 7) is 0. The van der Waals surface area contributed by atoms with Crippen LogP contribution in [-0.4, -0.2) is 10.5 Å². The number of aromatic nitrogens is 1. The second kappa shape index (κ2) is 5.11. The lowest BCUT2D eigenvalue weighted by molar-refractivity contribution is 0.0965. The number of carbonyl (C=O) groups is 1. The maximum Gasteiger partial charge on any atom is 0.262 e. The molecule has 1 heterocycles. The van der Waals surface area contributed by atoms with Gasteiger partial charge in [0.05, 0.1) is 11.1 Å². The maximum atomic E-state index is 12.9. The molecular formula is C20H12N2O. The lowest BCUT2D eigenvalue weighted by atomic mass is 10.1. The van der Waals surface area contributed by atoms with E-state index in [9.17, 15) is 10.1 Å². The first-order valence-electron chi connectivity index (χ1n) is 7.31. The Kier molecular flexibility index (Phi) is 2.96. The van der Waals surface area contributed by atoms with Crippen LogP contribution in [0.4, 0.5) is 0 Å². The van der Waals surface area contributed by atoms with E-state index in [1.807, 2.05) is 66.7 Å². The number of hydrogen-bond acceptors (Lipinski definition) is 2. The Labute approximate surface area is 133 Å². The Bertz CT molecular complexity index is 1100. The van der Waals surface area contributed by atoms with Gasteiger partial charge in [-0.25, -0.2) is 0 Å². The van der Waals surface area contributed by atoms with Crippen LogP contribution in [0.5, 0.6) is 0 Å². The van der Waals surface area contributed by atoms with Crippen LogP contribution >= 0.6 is 0 Å². The summed E-state index contributed by atoms with van der Waals surface area (Å²) < 4.78 is 1.55. The summed E-state index contributed by atoms with van der Waals surface area (Å²) in [5.74, 6) is -0.131. The Morgan fingerprint density at radius 2 is 1.65 bits per heavy atom. The Morgan fingerprint density at radius 3 is 2.48 bits per heavy atom. The quantitative estimate of drug-likeness (QED) is 0.524. The largest absolute Gasteiger partial charge is 0.282 e. The molecule has 4 aromatic rings. The predicted octanol–water partition coefficient (Wildman–Crippen LogP) is 4.35. The van der Waals surface area contributed by atoms with Gasteiger partial charge in [-0.15, -0.1) is 0 Å². The van der Waals surface area contributed by atoms with Crippen LogP contribution in [0.2, 0.25) is 0 Å². The van der Waals surface area contributed by atoms with Crippen molar-refractivity contribution in [1.29, 1.82) is 5.26 Å². The number of fused-ring (bicyclic) bond motifs is 2. The van der Waals surface area contributed by atoms with Crippen LogP contribution in [0.25, 0.3) is 21.7 Å². The highest BCUT2D eigenvalue weighted by atomic mass is 16.2. The highest BCUT2D eigenvalue weighted by molar-refractivity contribution is 6.05. The van der Waals surface area contributed by atoms with E-state index in [4.69, 9.17) is 0 Å². The van der Waals surface area contributed by atoms with Crippen molar-refractivity contribution in [3.05, 3.63) is 84.1 Å². The molecule has 3 heteroatoms. The highest BCUT2D eigenvalue weighted by Gasteiger charge is 2.15. The minimum absolute atomic E-state index is 0.131. The zero-order chi connectivity index (χ0) is 15.8. The predicted molar refractivity (Wildman–Crippen MR) is 90.3 cm³/mol. The number of para-hydroxylation sites is 1. The summed E-state index contributed by atoms with van der Waals surface area (Å²) in [7, 11) is 0. The van der Waals surface area contributed by atoms with Crippen LogP contribution in [0.1, 0.15) is 15.9 Å². The number of nitrogens with zero attached hydrogens (tertiary/aromatic N) is 2. The molecule has 4 rings (SSSR count). The molecular weight excluding hydrogens is 284 g/mol. The molecule has 0 fully saturated rings. The van der Waals surface area contributed by atoms with Crippen molar-refractivity contribution in [2.75, 3.05) is 0 Å². The molecule has 3 nitrogen and oxygen atoms in total. The van der Waals surface area contributed by atoms with Gasteiger partial charge in [-0.1, -0.05) is 48.5 Å². The molecule has 0 bridgehead atoms. The molecule has 0 unspecified atom stereocenters. The molecule has 0 spiro atoms. The van der Waals surface area contributed by atoms with E-state index in [-0.39, 0.29) is 5.91 Å². The smallest absolute Gasteiger partial charge is 0.262 e. The van der Waals surface area contributed by atoms with Gasteiger partial charge in [0.15, 0.2) is 0 Å². The first-order chi connectivity index (χ1) is 11.3. The molecule has 0 N–H and O–H groups in total. The first-order valence-corrected chi connectivity index (χ1v) is 7.31. The second-order valence-electron chi connectivity index (χ2n) is 5.41. The Balaban J connectivity index is 1.90. The van der Waals surface area contributed by atoms with Gasteiger partial charge in [0.25, 0.3) is 5.91 Å². The Morgan fingerprint density at radius 1 is 0.913 bits per heavy atom. The minimum Gasteiger partial charge on any atom is -0.282 e. The molecule has 0 radical (unpaired) electrons. The third kappa shape index (κ3) is 2.09. The number of hydrogen-bond donors (Lipinski definition) is 0. The van der Waals surface area contributed by atoms with E-state index in [2.05, 4.69) is 6.07 Å². The summed E-state index contributed by atoms with van der Waals surface area (Å²) >= 11 is 0. The first kappa shape index (κ1) is 13.3. The highest BCUT2D eigenvalue weighted by Crippen LogP contribution is 2.23. The molecule has 23 heavy (non-hydrogen) atoms. The molecule has 0 aliphatic carbocycles. The third-order valence-electron chi connectivity index (χ3n) is 4.05. The number of carbonyl (C=O) groups excluding carboxylic acids is 1. The number of benzene rings is 3. The van der Waals surface area contributed by atoms with Crippen LogP contribution < -0.4 is 0 Å². The summed E-state index contributed by atoms with van der Waals surface area (Å²) in [5, 5.41) is 12.2. The van der Waals surface area contributed by atoms with Crippen LogP contribution in [-0.2, 0) is 0 Å². The molecule has 0 aliphatic rings. The number of rotatable bonds is 1. The van der Waals surface area contributed by atoms with Crippen molar-refractivity contribution < 1.29 is 4.79 Å². The van der Waals surface area contributed by atoms with Gasteiger partial charge in [0.1, 0.15) is 6.07 Å². The van der Waals surface area contributed by atoms with E-state index >= 15 is 0 Å². The molecule has 0 aliphatic heterocycles. The average Bonchev–Trinajstić information content (AvgIpc) is 2.99. The van der Waals surface area contributed by atoms with Crippen molar-refractivity contribution in [3.8, 4) is 6.07 Å². The third-order valence-corrected chi connectivity index (χ3v) is 4.05. The molecule has 3 aromatic carbocycles. The van der Waals surface area contributed by atoms with Gasteiger partial charge in [-0.3, -0.25) is 9.36 Å². The van der Waals surface area contributed by atoms with Gasteiger partial charge in [-0.05, 0) is 29.0 Å². The van der Waals surface area contributed by atoms with Crippen LogP contribution in [0.15, 0.2) is 72.9 Å². The zero-order valence-corrected chi connectivity index (χ0v) is 12.2. The molecule has 1 aromatic heterocycles. The molecule has 0 atom stereocenters. The summed E-state index contributed by atoms with van der Waals surface area (Å²) in [6, 6.07) is 23.2. The molecule has 0 saturated heterocycles. The fourth-order valence-electron chi connectivity index (χ4n) is 2.90. The van der Waals surface area contributed by atoms with Gasteiger partial charge < -0.3 is 0 Å². The van der Waals surface area contributed by atoms with Crippen LogP contribution in [0, 0.1) is 11.3 Å². The minimum atomic E-state index is -0.131. The molecule has 108 valence electrons. The van der Waals surface area contributed by atoms with Crippen molar-refractivity contribution in [2.24, 2.45) is 0 Å². The zero-order valence-electron chi connectivity index (χ0n) is 12.2. The fourth-order valence-corrected chi connectivity index (χ4v) is 2.90.